The largest absolute Gasteiger partial charge is 0.487 e. The third-order valence-electron chi connectivity index (χ3n) is 5.22. The number of likely N-dealkylation sites (tertiary alicyclic amines) is 1. The van der Waals surface area contributed by atoms with E-state index >= 15 is 0 Å². The molecule has 1 unspecified atom stereocenters. The maximum Gasteiger partial charge on any atom is 0.256 e. The molecule has 1 amide bonds. The van der Waals surface area contributed by atoms with Gasteiger partial charge in [0.05, 0.1) is 5.56 Å². The molecule has 2 aliphatic rings. The molecule has 0 bridgehead atoms. The van der Waals surface area contributed by atoms with Crippen molar-refractivity contribution in [3.8, 4) is 11.5 Å². The van der Waals surface area contributed by atoms with Crippen molar-refractivity contribution in [2.45, 2.75) is 19.4 Å². The summed E-state index contributed by atoms with van der Waals surface area (Å²) in [5.41, 5.74) is 0.380. The van der Waals surface area contributed by atoms with Gasteiger partial charge in [0.2, 0.25) is 0 Å². The Labute approximate surface area is 165 Å². The number of ether oxygens (including phenoxy) is 2. The monoisotopic (exact) mass is 405 g/mol. The predicted molar refractivity (Wildman–Crippen MR) is 96.4 cm³/mol. The van der Waals surface area contributed by atoms with Gasteiger partial charge < -0.3 is 14.4 Å². The number of nitrogens with zero attached hydrogens (tertiary/aromatic N) is 1. The van der Waals surface area contributed by atoms with Gasteiger partial charge in [-0.05, 0) is 25.1 Å². The van der Waals surface area contributed by atoms with Crippen LogP contribution in [0.3, 0.4) is 0 Å². The van der Waals surface area contributed by atoms with Crippen LogP contribution >= 0.6 is 0 Å². The lowest BCUT2D eigenvalue weighted by molar-refractivity contribution is -0.121. The van der Waals surface area contributed by atoms with E-state index in [2.05, 4.69) is 0 Å². The normalized spacial score (nSPS) is 17.2. The number of hydrogen-bond acceptors (Lipinski definition) is 4. The van der Waals surface area contributed by atoms with Crippen LogP contribution in [-0.2, 0) is 11.2 Å². The summed E-state index contributed by atoms with van der Waals surface area (Å²) >= 11 is 0. The molecule has 29 heavy (non-hydrogen) atoms. The van der Waals surface area contributed by atoms with Gasteiger partial charge in [-0.25, -0.2) is 13.2 Å². The van der Waals surface area contributed by atoms with Gasteiger partial charge in [-0.2, -0.15) is 0 Å². The summed E-state index contributed by atoms with van der Waals surface area (Å²) in [6.07, 6.45) is -0.314. The number of hydrogen-bond donors (Lipinski definition) is 0. The van der Waals surface area contributed by atoms with Crippen molar-refractivity contribution in [2.75, 3.05) is 19.7 Å². The van der Waals surface area contributed by atoms with Crippen LogP contribution in [0.4, 0.5) is 13.2 Å². The summed E-state index contributed by atoms with van der Waals surface area (Å²) in [6, 6.07) is 5.57. The Morgan fingerprint density at radius 1 is 1.17 bits per heavy atom. The third-order valence-corrected chi connectivity index (χ3v) is 5.22. The van der Waals surface area contributed by atoms with Gasteiger partial charge in [0.15, 0.2) is 17.3 Å². The topological polar surface area (TPSA) is 55.8 Å². The molecule has 0 aromatic heterocycles. The van der Waals surface area contributed by atoms with Crippen molar-refractivity contribution in [3.05, 3.63) is 58.9 Å². The van der Waals surface area contributed by atoms with E-state index in [9.17, 15) is 22.8 Å². The summed E-state index contributed by atoms with van der Waals surface area (Å²) in [5, 5.41) is 0. The maximum absolute atomic E-state index is 14.4. The fourth-order valence-corrected chi connectivity index (χ4v) is 3.47. The van der Waals surface area contributed by atoms with Crippen molar-refractivity contribution in [1.82, 2.24) is 4.90 Å². The van der Waals surface area contributed by atoms with Gasteiger partial charge in [-0.15, -0.1) is 0 Å². The molecule has 0 N–H and O–H groups in total. The molecule has 1 saturated heterocycles. The number of Topliss-reactive ketones (excluding diaryl/α,β-unsaturated/α-hetero) is 1. The Bertz CT molecular complexity index is 988. The summed E-state index contributed by atoms with van der Waals surface area (Å²) < 4.78 is 51.8. The summed E-state index contributed by atoms with van der Waals surface area (Å²) in [5.74, 6) is -2.67. The molecule has 2 aromatic carbocycles. The minimum absolute atomic E-state index is 0.0610. The number of benzene rings is 2. The molecule has 0 saturated carbocycles. The second-order valence-electron chi connectivity index (χ2n) is 7.31. The highest BCUT2D eigenvalue weighted by Crippen LogP contribution is 2.30. The second kappa shape index (κ2) is 7.42. The number of fused-ring (bicyclic) bond motifs is 1. The quantitative estimate of drug-likeness (QED) is 0.784. The van der Waals surface area contributed by atoms with Crippen LogP contribution in [-0.4, -0.2) is 42.4 Å². The zero-order valence-corrected chi connectivity index (χ0v) is 15.6. The molecule has 0 aliphatic carbocycles. The molecule has 5 nitrogen and oxygen atoms in total. The van der Waals surface area contributed by atoms with Gasteiger partial charge >= 0.3 is 0 Å². The molecular weight excluding hydrogens is 387 g/mol. The lowest BCUT2D eigenvalue weighted by atomic mass is 9.93. The lowest BCUT2D eigenvalue weighted by Gasteiger charge is -2.42. The van der Waals surface area contributed by atoms with Gasteiger partial charge in [0, 0.05) is 43.1 Å². The van der Waals surface area contributed by atoms with Gasteiger partial charge in [0.1, 0.15) is 30.1 Å². The van der Waals surface area contributed by atoms with E-state index in [4.69, 9.17) is 9.47 Å². The number of halogens is 3. The molecule has 4 rings (SSSR count). The molecule has 1 atom stereocenters. The molecule has 1 fully saturated rings. The fourth-order valence-electron chi connectivity index (χ4n) is 3.47. The molecule has 0 spiro atoms. The number of carbonyl (C=O) groups is 2. The van der Waals surface area contributed by atoms with E-state index in [1.165, 1.54) is 17.0 Å². The van der Waals surface area contributed by atoms with E-state index in [0.717, 1.165) is 18.2 Å². The summed E-state index contributed by atoms with van der Waals surface area (Å²) in [7, 11) is 0. The van der Waals surface area contributed by atoms with Crippen LogP contribution in [0, 0.1) is 23.4 Å². The lowest BCUT2D eigenvalue weighted by Crippen LogP contribution is -2.55. The molecule has 2 aromatic rings. The summed E-state index contributed by atoms with van der Waals surface area (Å²) in [4.78, 5) is 25.6. The van der Waals surface area contributed by atoms with E-state index in [1.54, 1.807) is 6.92 Å². The number of carbonyl (C=O) groups excluding carboxylic acids is 2. The molecular formula is C21H18F3NO4. The molecule has 8 heteroatoms. The average Bonchev–Trinajstić information content (AvgIpc) is 2.62. The zero-order chi connectivity index (χ0) is 20.7. The zero-order valence-electron chi connectivity index (χ0n) is 15.6. The first-order valence-corrected chi connectivity index (χ1v) is 9.19. The van der Waals surface area contributed by atoms with E-state index in [1.807, 2.05) is 0 Å². The predicted octanol–water partition coefficient (Wildman–Crippen LogP) is 3.15. The van der Waals surface area contributed by atoms with E-state index in [0.29, 0.717) is 18.7 Å². The molecule has 152 valence electrons. The third kappa shape index (κ3) is 3.79. The second-order valence-corrected chi connectivity index (χ2v) is 7.31. The summed E-state index contributed by atoms with van der Waals surface area (Å²) in [6.45, 7) is 2.27. The van der Waals surface area contributed by atoms with E-state index in [-0.39, 0.29) is 41.8 Å². The highest BCUT2D eigenvalue weighted by atomic mass is 19.1. The average molecular weight is 405 g/mol. The standard InChI is InChI=1S/C21H18F3NO4/c1-11(29-19-3-2-14(22)6-18(19)24)13-8-25(9-13)21(27)16-5-12-4-15(26)10-28-20(12)7-17(16)23/h2-3,5-7,11,13H,4,8-10H2,1H3. The first kappa shape index (κ1) is 19.3. The van der Waals surface area contributed by atoms with Gasteiger partial charge in [-0.3, -0.25) is 9.59 Å². The fraction of sp³-hybridized carbons (Fsp3) is 0.333. The number of ketones is 1. The highest BCUT2D eigenvalue weighted by Gasteiger charge is 2.37. The van der Waals surface area contributed by atoms with Crippen LogP contribution in [0.1, 0.15) is 22.8 Å². The Morgan fingerprint density at radius 3 is 2.66 bits per heavy atom. The Hall–Kier alpha value is -3.03. The van der Waals surface area contributed by atoms with Crippen molar-refractivity contribution in [1.29, 1.82) is 0 Å². The number of amides is 1. The van der Waals surface area contributed by atoms with Crippen LogP contribution in [0.25, 0.3) is 0 Å². The van der Waals surface area contributed by atoms with Crippen LogP contribution < -0.4 is 9.47 Å². The molecule has 2 aliphatic heterocycles. The Kier molecular flexibility index (Phi) is 4.94. The highest BCUT2D eigenvalue weighted by molar-refractivity contribution is 5.96. The van der Waals surface area contributed by atoms with Crippen molar-refractivity contribution < 1.29 is 32.2 Å². The minimum atomic E-state index is -0.794. The SMILES string of the molecule is CC(Oc1ccc(F)cc1F)C1CN(C(=O)c2cc3c(cc2F)OCC(=O)C3)C1. The van der Waals surface area contributed by atoms with Crippen molar-refractivity contribution in [3.63, 3.8) is 0 Å². The minimum Gasteiger partial charge on any atom is -0.487 e. The Morgan fingerprint density at radius 2 is 1.93 bits per heavy atom. The van der Waals surface area contributed by atoms with Crippen LogP contribution in [0.2, 0.25) is 0 Å². The first-order chi connectivity index (χ1) is 13.8. The van der Waals surface area contributed by atoms with Crippen LogP contribution in [0.15, 0.2) is 30.3 Å². The molecule has 0 radical (unpaired) electrons. The smallest absolute Gasteiger partial charge is 0.256 e. The van der Waals surface area contributed by atoms with E-state index < -0.39 is 29.5 Å². The maximum atomic E-state index is 14.4. The number of rotatable bonds is 4. The Balaban J connectivity index is 1.40. The van der Waals surface area contributed by atoms with Gasteiger partial charge in [0.25, 0.3) is 5.91 Å². The van der Waals surface area contributed by atoms with Gasteiger partial charge in [-0.1, -0.05) is 0 Å². The van der Waals surface area contributed by atoms with Crippen molar-refractivity contribution >= 4 is 11.7 Å². The van der Waals surface area contributed by atoms with Crippen LogP contribution in [0.5, 0.6) is 11.5 Å². The molecule has 2 heterocycles. The van der Waals surface area contributed by atoms with Crippen molar-refractivity contribution in [2.24, 2.45) is 5.92 Å². The first-order valence-electron chi connectivity index (χ1n) is 9.19.